The Labute approximate surface area is 181 Å². The number of amides is 1. The van der Waals surface area contributed by atoms with Gasteiger partial charge in [-0.05, 0) is 73.5 Å². The Kier molecular flexibility index (Phi) is 6.71. The van der Waals surface area contributed by atoms with Crippen LogP contribution in [0, 0.1) is 13.8 Å². The summed E-state index contributed by atoms with van der Waals surface area (Å²) in [7, 11) is -2.28. The Bertz CT molecular complexity index is 1220. The Morgan fingerprint density at radius 3 is 2.42 bits per heavy atom. The standard InChI is InChI=1S/C23H23N3O4S/c1-16-7-12-22(17(2)13-16)26-31(28,29)21-6-4-5-19(14-21)23(27)25-24-15-18-8-10-20(30-3)11-9-18/h4-15,26H,1-3H3,(H,25,27)/b24-15+. The number of hydrazone groups is 1. The Hall–Kier alpha value is -3.65. The Morgan fingerprint density at radius 2 is 1.74 bits per heavy atom. The van der Waals surface area contributed by atoms with E-state index in [1.807, 2.05) is 26.0 Å². The molecule has 0 unspecified atom stereocenters. The maximum atomic E-state index is 12.8. The molecular weight excluding hydrogens is 414 g/mol. The van der Waals surface area contributed by atoms with E-state index in [-0.39, 0.29) is 10.5 Å². The first-order valence-corrected chi connectivity index (χ1v) is 10.9. The molecule has 0 aliphatic carbocycles. The van der Waals surface area contributed by atoms with Crippen molar-refractivity contribution < 1.29 is 17.9 Å². The number of carbonyl (C=O) groups is 1. The van der Waals surface area contributed by atoms with E-state index in [0.717, 1.165) is 16.7 Å². The smallest absolute Gasteiger partial charge is 0.271 e. The number of rotatable bonds is 7. The van der Waals surface area contributed by atoms with E-state index in [2.05, 4.69) is 15.2 Å². The predicted molar refractivity (Wildman–Crippen MR) is 121 cm³/mol. The number of carbonyl (C=O) groups excluding carboxylic acids is 1. The number of nitrogens with one attached hydrogen (secondary N) is 2. The van der Waals surface area contributed by atoms with E-state index in [9.17, 15) is 13.2 Å². The Balaban J connectivity index is 1.72. The van der Waals surface area contributed by atoms with E-state index in [4.69, 9.17) is 4.74 Å². The fraction of sp³-hybridized carbons (Fsp3) is 0.130. The second-order valence-corrected chi connectivity index (χ2v) is 8.61. The lowest BCUT2D eigenvalue weighted by molar-refractivity contribution is 0.0955. The highest BCUT2D eigenvalue weighted by molar-refractivity contribution is 7.92. The first-order valence-electron chi connectivity index (χ1n) is 9.46. The quantitative estimate of drug-likeness (QED) is 0.433. The lowest BCUT2D eigenvalue weighted by atomic mass is 10.1. The van der Waals surface area contributed by atoms with Gasteiger partial charge < -0.3 is 4.74 Å². The van der Waals surface area contributed by atoms with Crippen molar-refractivity contribution in [1.82, 2.24) is 5.43 Å². The number of hydrogen-bond acceptors (Lipinski definition) is 5. The van der Waals surface area contributed by atoms with Gasteiger partial charge in [0.05, 0.1) is 23.9 Å². The van der Waals surface area contributed by atoms with Gasteiger partial charge in [0.2, 0.25) is 0 Å². The number of sulfonamides is 1. The van der Waals surface area contributed by atoms with Gasteiger partial charge in [-0.3, -0.25) is 9.52 Å². The van der Waals surface area contributed by atoms with Gasteiger partial charge in [-0.1, -0.05) is 23.8 Å². The molecule has 7 nitrogen and oxygen atoms in total. The van der Waals surface area contributed by atoms with Crippen molar-refractivity contribution in [2.24, 2.45) is 5.10 Å². The maximum absolute atomic E-state index is 12.8. The molecule has 0 saturated carbocycles. The van der Waals surface area contributed by atoms with Crippen molar-refractivity contribution in [1.29, 1.82) is 0 Å². The SMILES string of the molecule is COc1ccc(/C=N/NC(=O)c2cccc(S(=O)(=O)Nc3ccc(C)cc3C)c2)cc1. The molecule has 8 heteroatoms. The third-order valence-electron chi connectivity index (χ3n) is 4.53. The van der Waals surface area contributed by atoms with Crippen LogP contribution in [0.2, 0.25) is 0 Å². The molecule has 0 spiro atoms. The van der Waals surface area contributed by atoms with Crippen LogP contribution >= 0.6 is 0 Å². The van der Waals surface area contributed by atoms with Gasteiger partial charge in [-0.2, -0.15) is 5.10 Å². The van der Waals surface area contributed by atoms with Gasteiger partial charge >= 0.3 is 0 Å². The van der Waals surface area contributed by atoms with E-state index in [1.165, 1.54) is 30.5 Å². The predicted octanol–water partition coefficient (Wildman–Crippen LogP) is 3.88. The summed E-state index contributed by atoms with van der Waals surface area (Å²) in [6, 6.07) is 18.4. The fourth-order valence-electron chi connectivity index (χ4n) is 2.86. The zero-order chi connectivity index (χ0) is 22.4. The molecule has 0 bridgehead atoms. The van der Waals surface area contributed by atoms with Crippen LogP contribution in [-0.4, -0.2) is 27.6 Å². The summed E-state index contributed by atoms with van der Waals surface area (Å²) < 4.78 is 33.2. The summed E-state index contributed by atoms with van der Waals surface area (Å²) in [5.41, 5.74) is 5.69. The lowest BCUT2D eigenvalue weighted by Gasteiger charge is -2.12. The van der Waals surface area contributed by atoms with Crippen molar-refractivity contribution in [3.05, 3.63) is 89.0 Å². The molecule has 31 heavy (non-hydrogen) atoms. The van der Waals surface area contributed by atoms with Gasteiger partial charge in [0.1, 0.15) is 5.75 Å². The summed E-state index contributed by atoms with van der Waals surface area (Å²) in [4.78, 5) is 12.4. The minimum atomic E-state index is -3.86. The van der Waals surface area contributed by atoms with Gasteiger partial charge in [-0.15, -0.1) is 0 Å². The number of aryl methyl sites for hydroxylation is 2. The van der Waals surface area contributed by atoms with Crippen molar-refractivity contribution >= 4 is 27.8 Å². The van der Waals surface area contributed by atoms with Crippen LogP contribution in [0.25, 0.3) is 0 Å². The monoisotopic (exact) mass is 437 g/mol. The molecule has 0 aliphatic rings. The largest absolute Gasteiger partial charge is 0.497 e. The molecule has 0 saturated heterocycles. The van der Waals surface area contributed by atoms with E-state index in [1.54, 1.807) is 37.4 Å². The summed E-state index contributed by atoms with van der Waals surface area (Å²) in [6.45, 7) is 3.76. The Morgan fingerprint density at radius 1 is 1.00 bits per heavy atom. The first kappa shape index (κ1) is 22.0. The molecule has 160 valence electrons. The number of benzene rings is 3. The minimum Gasteiger partial charge on any atom is -0.497 e. The molecule has 3 aromatic carbocycles. The molecule has 0 atom stereocenters. The summed E-state index contributed by atoms with van der Waals surface area (Å²) in [6.07, 6.45) is 1.49. The highest BCUT2D eigenvalue weighted by Crippen LogP contribution is 2.21. The van der Waals surface area contributed by atoms with Gasteiger partial charge in [0.15, 0.2) is 0 Å². The third kappa shape index (κ3) is 5.70. The molecule has 1 amide bonds. The molecule has 3 aromatic rings. The normalized spacial score (nSPS) is 11.3. The van der Waals surface area contributed by atoms with Gasteiger partial charge in [0, 0.05) is 5.56 Å². The zero-order valence-electron chi connectivity index (χ0n) is 17.4. The molecular formula is C23H23N3O4S. The summed E-state index contributed by atoms with van der Waals surface area (Å²) in [5, 5.41) is 3.92. The summed E-state index contributed by atoms with van der Waals surface area (Å²) in [5.74, 6) is 0.196. The van der Waals surface area contributed by atoms with E-state index >= 15 is 0 Å². The molecule has 3 rings (SSSR count). The maximum Gasteiger partial charge on any atom is 0.271 e. The van der Waals surface area contributed by atoms with Crippen LogP contribution in [0.4, 0.5) is 5.69 Å². The fourth-order valence-corrected chi connectivity index (χ4v) is 4.03. The van der Waals surface area contributed by atoms with Crippen molar-refractivity contribution in [2.75, 3.05) is 11.8 Å². The number of nitrogens with zero attached hydrogens (tertiary/aromatic N) is 1. The van der Waals surface area contributed by atoms with Crippen molar-refractivity contribution in [3.8, 4) is 5.75 Å². The molecule has 2 N–H and O–H groups in total. The number of methoxy groups -OCH3 is 1. The number of ether oxygens (including phenoxy) is 1. The lowest BCUT2D eigenvalue weighted by Crippen LogP contribution is -2.19. The number of hydrogen-bond donors (Lipinski definition) is 2. The highest BCUT2D eigenvalue weighted by Gasteiger charge is 2.17. The molecule has 0 heterocycles. The van der Waals surface area contributed by atoms with Crippen molar-refractivity contribution in [3.63, 3.8) is 0 Å². The topological polar surface area (TPSA) is 96.9 Å². The molecule has 0 radical (unpaired) electrons. The van der Waals surface area contributed by atoms with Crippen molar-refractivity contribution in [2.45, 2.75) is 18.7 Å². The van der Waals surface area contributed by atoms with Gasteiger partial charge in [-0.25, -0.2) is 13.8 Å². The average molecular weight is 438 g/mol. The van der Waals surface area contributed by atoms with Gasteiger partial charge in [0.25, 0.3) is 15.9 Å². The van der Waals surface area contributed by atoms with Crippen LogP contribution in [0.5, 0.6) is 5.75 Å². The molecule has 0 aromatic heterocycles. The summed E-state index contributed by atoms with van der Waals surface area (Å²) >= 11 is 0. The van der Waals surface area contributed by atoms with Crippen LogP contribution in [0.15, 0.2) is 76.7 Å². The van der Waals surface area contributed by atoms with E-state index < -0.39 is 15.9 Å². The highest BCUT2D eigenvalue weighted by atomic mass is 32.2. The molecule has 0 aliphatic heterocycles. The second kappa shape index (κ2) is 9.44. The van der Waals surface area contributed by atoms with E-state index in [0.29, 0.717) is 11.4 Å². The molecule has 0 fully saturated rings. The van der Waals surface area contributed by atoms with Crippen LogP contribution in [-0.2, 0) is 10.0 Å². The second-order valence-electron chi connectivity index (χ2n) is 6.92. The minimum absolute atomic E-state index is 0.0146. The van der Waals surface area contributed by atoms with Crippen LogP contribution in [0.1, 0.15) is 27.0 Å². The van der Waals surface area contributed by atoms with Crippen LogP contribution < -0.4 is 14.9 Å². The number of anilines is 1. The average Bonchev–Trinajstić information content (AvgIpc) is 2.76. The van der Waals surface area contributed by atoms with Crippen LogP contribution in [0.3, 0.4) is 0 Å². The first-order chi connectivity index (χ1) is 14.8. The zero-order valence-corrected chi connectivity index (χ0v) is 18.2. The third-order valence-corrected chi connectivity index (χ3v) is 5.89.